The number of aliphatic hydroxyl groups excluding tert-OH is 1. The molecular weight excluding hydrogens is 304 g/mol. The molecule has 5 heteroatoms. The van der Waals surface area contributed by atoms with Crippen molar-refractivity contribution in [2.75, 3.05) is 11.9 Å². The third-order valence-electron chi connectivity index (χ3n) is 3.67. The predicted molar refractivity (Wildman–Crippen MR) is 97.1 cm³/mol. The summed E-state index contributed by atoms with van der Waals surface area (Å²) < 4.78 is 0. The third kappa shape index (κ3) is 6.71. The minimum Gasteiger partial charge on any atom is -0.394 e. The highest BCUT2D eigenvalue weighted by atomic mass is 16.3. The predicted octanol–water partition coefficient (Wildman–Crippen LogP) is 3.12. The van der Waals surface area contributed by atoms with Crippen molar-refractivity contribution >= 4 is 17.5 Å². The lowest BCUT2D eigenvalue weighted by Gasteiger charge is -2.18. The topological polar surface area (TPSA) is 78.4 Å². The Kier molecular flexibility index (Phi) is 7.92. The fourth-order valence-electron chi connectivity index (χ4n) is 2.53. The van der Waals surface area contributed by atoms with E-state index in [0.29, 0.717) is 23.8 Å². The van der Waals surface area contributed by atoms with Gasteiger partial charge in [-0.15, -0.1) is 0 Å². The molecule has 0 aliphatic heterocycles. The Morgan fingerprint density at radius 3 is 2.29 bits per heavy atom. The maximum atomic E-state index is 12.3. The Morgan fingerprint density at radius 1 is 1.12 bits per heavy atom. The SMILES string of the molecule is Cc1cc(C(=O)NC(CO)CC(C)C)ccc1NC(=O)CC(C)C. The van der Waals surface area contributed by atoms with Crippen molar-refractivity contribution in [2.45, 2.75) is 53.5 Å². The molecule has 0 fully saturated rings. The Bertz CT molecular complexity index is 568. The standard InChI is InChI=1S/C19H30N2O3/c1-12(2)8-16(11-22)20-19(24)15-6-7-17(14(5)10-15)21-18(23)9-13(3)4/h6-7,10,12-13,16,22H,8-9,11H2,1-5H3,(H,20,24)(H,21,23). The van der Waals surface area contributed by atoms with Crippen LogP contribution in [0.1, 0.15) is 56.5 Å². The van der Waals surface area contributed by atoms with Crippen LogP contribution in [0.2, 0.25) is 0 Å². The van der Waals surface area contributed by atoms with Gasteiger partial charge in [0.25, 0.3) is 5.91 Å². The Balaban J connectivity index is 2.75. The van der Waals surface area contributed by atoms with Crippen LogP contribution in [0.25, 0.3) is 0 Å². The van der Waals surface area contributed by atoms with Gasteiger partial charge < -0.3 is 15.7 Å². The molecule has 134 valence electrons. The van der Waals surface area contributed by atoms with E-state index in [2.05, 4.69) is 10.6 Å². The molecule has 0 spiro atoms. The molecule has 0 bridgehead atoms. The minimum atomic E-state index is -0.247. The average Bonchev–Trinajstić information content (AvgIpc) is 2.47. The van der Waals surface area contributed by atoms with Gasteiger partial charge in [0.1, 0.15) is 0 Å². The number of carbonyl (C=O) groups is 2. The van der Waals surface area contributed by atoms with Crippen LogP contribution >= 0.6 is 0 Å². The second-order valence-electron chi connectivity index (χ2n) is 7.16. The Hall–Kier alpha value is -1.88. The number of anilines is 1. The van der Waals surface area contributed by atoms with Crippen molar-refractivity contribution < 1.29 is 14.7 Å². The largest absolute Gasteiger partial charge is 0.394 e. The van der Waals surface area contributed by atoms with Gasteiger partial charge in [-0.3, -0.25) is 9.59 Å². The van der Waals surface area contributed by atoms with E-state index < -0.39 is 0 Å². The van der Waals surface area contributed by atoms with Gasteiger partial charge >= 0.3 is 0 Å². The quantitative estimate of drug-likeness (QED) is 0.683. The first-order valence-electron chi connectivity index (χ1n) is 8.55. The number of amides is 2. The van der Waals surface area contributed by atoms with Gasteiger partial charge in [0.05, 0.1) is 12.6 Å². The molecular formula is C19H30N2O3. The zero-order chi connectivity index (χ0) is 18.3. The van der Waals surface area contributed by atoms with E-state index in [9.17, 15) is 14.7 Å². The van der Waals surface area contributed by atoms with Crippen molar-refractivity contribution in [3.8, 4) is 0 Å². The monoisotopic (exact) mass is 334 g/mol. The van der Waals surface area contributed by atoms with Crippen molar-refractivity contribution in [3.05, 3.63) is 29.3 Å². The highest BCUT2D eigenvalue weighted by Crippen LogP contribution is 2.18. The summed E-state index contributed by atoms with van der Waals surface area (Å²) >= 11 is 0. The highest BCUT2D eigenvalue weighted by Gasteiger charge is 2.15. The van der Waals surface area contributed by atoms with Crippen molar-refractivity contribution in [2.24, 2.45) is 11.8 Å². The number of rotatable bonds is 8. The molecule has 5 nitrogen and oxygen atoms in total. The summed E-state index contributed by atoms with van der Waals surface area (Å²) in [4.78, 5) is 24.2. The molecule has 1 rings (SSSR count). The second kappa shape index (κ2) is 9.42. The summed E-state index contributed by atoms with van der Waals surface area (Å²) in [5, 5.41) is 15.1. The number of nitrogens with one attached hydrogen (secondary N) is 2. The average molecular weight is 334 g/mol. The minimum absolute atomic E-state index is 0.0254. The van der Waals surface area contributed by atoms with Crippen molar-refractivity contribution in [3.63, 3.8) is 0 Å². The lowest BCUT2D eigenvalue weighted by molar-refractivity contribution is -0.116. The summed E-state index contributed by atoms with van der Waals surface area (Å²) in [6, 6.07) is 4.95. The smallest absolute Gasteiger partial charge is 0.251 e. The zero-order valence-corrected chi connectivity index (χ0v) is 15.3. The summed E-state index contributed by atoms with van der Waals surface area (Å²) in [6.07, 6.45) is 1.19. The van der Waals surface area contributed by atoms with Crippen molar-refractivity contribution in [1.29, 1.82) is 0 Å². The van der Waals surface area contributed by atoms with Gasteiger partial charge in [-0.05, 0) is 48.9 Å². The molecule has 0 saturated carbocycles. The van der Waals surface area contributed by atoms with Crippen LogP contribution in [0.4, 0.5) is 5.69 Å². The number of hydrogen-bond acceptors (Lipinski definition) is 3. The second-order valence-corrected chi connectivity index (χ2v) is 7.16. The van der Waals surface area contributed by atoms with E-state index in [1.54, 1.807) is 18.2 Å². The van der Waals surface area contributed by atoms with Gasteiger partial charge in [-0.1, -0.05) is 27.7 Å². The Morgan fingerprint density at radius 2 is 1.79 bits per heavy atom. The molecule has 1 aromatic carbocycles. The van der Waals surface area contributed by atoms with Gasteiger partial charge in [-0.2, -0.15) is 0 Å². The fraction of sp³-hybridized carbons (Fsp3) is 0.579. The van der Waals surface area contributed by atoms with Crippen LogP contribution in [0, 0.1) is 18.8 Å². The number of carbonyl (C=O) groups excluding carboxylic acids is 2. The molecule has 0 aromatic heterocycles. The van der Waals surface area contributed by atoms with Crippen LogP contribution < -0.4 is 10.6 Å². The van der Waals surface area contributed by atoms with E-state index in [4.69, 9.17) is 0 Å². The summed E-state index contributed by atoms with van der Waals surface area (Å²) in [5.41, 5.74) is 2.08. The number of aliphatic hydroxyl groups is 1. The molecule has 1 unspecified atom stereocenters. The van der Waals surface area contributed by atoms with Crippen LogP contribution in [-0.2, 0) is 4.79 Å². The molecule has 2 amide bonds. The molecule has 3 N–H and O–H groups in total. The number of benzene rings is 1. The highest BCUT2D eigenvalue weighted by molar-refractivity contribution is 5.96. The Labute approximate surface area is 144 Å². The van der Waals surface area contributed by atoms with Crippen LogP contribution in [0.3, 0.4) is 0 Å². The third-order valence-corrected chi connectivity index (χ3v) is 3.67. The first kappa shape index (κ1) is 20.2. The molecule has 0 saturated heterocycles. The first-order valence-corrected chi connectivity index (χ1v) is 8.55. The van der Waals surface area contributed by atoms with Crippen LogP contribution in [0.15, 0.2) is 18.2 Å². The van der Waals surface area contributed by atoms with Crippen molar-refractivity contribution in [1.82, 2.24) is 5.32 Å². The molecule has 24 heavy (non-hydrogen) atoms. The molecule has 1 aromatic rings. The number of aryl methyl sites for hydroxylation is 1. The summed E-state index contributed by atoms with van der Waals surface area (Å²) in [5.74, 6) is 0.454. The van der Waals surface area contributed by atoms with E-state index in [1.807, 2.05) is 34.6 Å². The molecule has 0 heterocycles. The van der Waals surface area contributed by atoms with Gasteiger partial charge in [0, 0.05) is 17.7 Å². The zero-order valence-electron chi connectivity index (χ0n) is 15.3. The molecule has 0 aliphatic carbocycles. The first-order chi connectivity index (χ1) is 11.2. The lowest BCUT2D eigenvalue weighted by atomic mass is 10.0. The maximum absolute atomic E-state index is 12.3. The van der Waals surface area contributed by atoms with Crippen LogP contribution in [0.5, 0.6) is 0 Å². The summed E-state index contributed by atoms with van der Waals surface area (Å²) in [6.45, 7) is 9.87. The van der Waals surface area contributed by atoms with E-state index in [0.717, 1.165) is 17.7 Å². The molecule has 1 atom stereocenters. The van der Waals surface area contributed by atoms with Crippen LogP contribution in [-0.4, -0.2) is 29.6 Å². The van der Waals surface area contributed by atoms with E-state index >= 15 is 0 Å². The van der Waals surface area contributed by atoms with Gasteiger partial charge in [-0.25, -0.2) is 0 Å². The molecule has 0 aliphatic rings. The number of hydrogen-bond donors (Lipinski definition) is 3. The maximum Gasteiger partial charge on any atom is 0.251 e. The van der Waals surface area contributed by atoms with E-state index in [-0.39, 0.29) is 24.5 Å². The fourth-order valence-corrected chi connectivity index (χ4v) is 2.53. The lowest BCUT2D eigenvalue weighted by Crippen LogP contribution is -2.38. The van der Waals surface area contributed by atoms with E-state index in [1.165, 1.54) is 0 Å². The summed E-state index contributed by atoms with van der Waals surface area (Å²) in [7, 11) is 0. The molecule has 0 radical (unpaired) electrons. The van der Waals surface area contributed by atoms with Gasteiger partial charge in [0.2, 0.25) is 5.91 Å². The normalized spacial score (nSPS) is 12.3. The van der Waals surface area contributed by atoms with Gasteiger partial charge in [0.15, 0.2) is 0 Å².